The van der Waals surface area contributed by atoms with Crippen molar-refractivity contribution in [2.75, 3.05) is 29.8 Å². The molecule has 166 valence electrons. The molecule has 1 heterocycles. The second kappa shape index (κ2) is 9.04. The Labute approximate surface area is 189 Å². The molecule has 1 fully saturated rings. The Morgan fingerprint density at radius 1 is 0.969 bits per heavy atom. The lowest BCUT2D eigenvalue weighted by atomic mass is 10.2. The highest BCUT2D eigenvalue weighted by atomic mass is 32.2. The molecule has 7 heteroatoms. The lowest BCUT2D eigenvalue weighted by Crippen LogP contribution is -2.31. The van der Waals surface area contributed by atoms with E-state index in [0.29, 0.717) is 24.3 Å². The molecule has 1 saturated heterocycles. The maximum absolute atomic E-state index is 12.9. The fourth-order valence-corrected chi connectivity index (χ4v) is 5.03. The van der Waals surface area contributed by atoms with Gasteiger partial charge in [0.2, 0.25) is 0 Å². The summed E-state index contributed by atoms with van der Waals surface area (Å²) in [6.07, 6.45) is 0.885. The van der Waals surface area contributed by atoms with Crippen molar-refractivity contribution in [2.45, 2.75) is 24.3 Å². The number of aryl methyl sites for hydroxylation is 1. The third-order valence-electron chi connectivity index (χ3n) is 5.78. The van der Waals surface area contributed by atoms with E-state index in [4.69, 9.17) is 0 Å². The van der Waals surface area contributed by atoms with Gasteiger partial charge in [-0.15, -0.1) is 0 Å². The van der Waals surface area contributed by atoms with Gasteiger partial charge in [-0.2, -0.15) is 0 Å². The summed E-state index contributed by atoms with van der Waals surface area (Å²) in [5, 5.41) is 3.47. The Morgan fingerprint density at radius 2 is 1.62 bits per heavy atom. The van der Waals surface area contributed by atoms with Crippen LogP contribution in [0.15, 0.2) is 83.8 Å². The summed E-state index contributed by atoms with van der Waals surface area (Å²) >= 11 is 0. The van der Waals surface area contributed by atoms with Crippen LogP contribution in [0.2, 0.25) is 0 Å². The SMILES string of the molecule is Cc1ccc(S(=O)(=O)N(C)c2ccc(C(=O)N3CCC(Nc4ccccc4)C3)cc2)cc1. The van der Waals surface area contributed by atoms with Crippen LogP contribution in [-0.4, -0.2) is 45.4 Å². The van der Waals surface area contributed by atoms with Gasteiger partial charge in [0, 0.05) is 37.4 Å². The van der Waals surface area contributed by atoms with E-state index in [1.165, 1.54) is 11.4 Å². The third-order valence-corrected chi connectivity index (χ3v) is 7.58. The molecule has 0 aliphatic carbocycles. The first-order chi connectivity index (χ1) is 15.3. The number of hydrogen-bond donors (Lipinski definition) is 1. The minimum Gasteiger partial charge on any atom is -0.380 e. The van der Waals surface area contributed by atoms with Gasteiger partial charge >= 0.3 is 0 Å². The minimum atomic E-state index is -3.66. The number of sulfonamides is 1. The second-order valence-electron chi connectivity index (χ2n) is 8.08. The normalized spacial score (nSPS) is 16.1. The lowest BCUT2D eigenvalue weighted by Gasteiger charge is -2.21. The first-order valence-corrected chi connectivity index (χ1v) is 12.0. The van der Waals surface area contributed by atoms with Crippen LogP contribution < -0.4 is 9.62 Å². The van der Waals surface area contributed by atoms with Crippen molar-refractivity contribution in [3.05, 3.63) is 90.0 Å². The molecule has 0 aromatic heterocycles. The molecule has 0 radical (unpaired) electrons. The lowest BCUT2D eigenvalue weighted by molar-refractivity contribution is 0.0791. The van der Waals surface area contributed by atoms with E-state index in [1.54, 1.807) is 48.5 Å². The number of carbonyl (C=O) groups is 1. The van der Waals surface area contributed by atoms with Crippen LogP contribution in [0.4, 0.5) is 11.4 Å². The maximum atomic E-state index is 12.9. The first kappa shape index (κ1) is 21.9. The van der Waals surface area contributed by atoms with Crippen LogP contribution in [0.25, 0.3) is 0 Å². The molecular weight excluding hydrogens is 422 g/mol. The highest BCUT2D eigenvalue weighted by Crippen LogP contribution is 2.24. The smallest absolute Gasteiger partial charge is 0.264 e. The Kier molecular flexibility index (Phi) is 6.19. The van der Waals surface area contributed by atoms with Crippen molar-refractivity contribution >= 4 is 27.3 Å². The molecule has 1 amide bonds. The number of rotatable bonds is 6. The van der Waals surface area contributed by atoms with Crippen LogP contribution in [0.1, 0.15) is 22.3 Å². The summed E-state index contributed by atoms with van der Waals surface area (Å²) in [5.74, 6) is -0.0436. The van der Waals surface area contributed by atoms with Crippen molar-refractivity contribution in [1.82, 2.24) is 4.90 Å². The summed E-state index contributed by atoms with van der Waals surface area (Å²) < 4.78 is 27.0. The van der Waals surface area contributed by atoms with E-state index in [-0.39, 0.29) is 16.8 Å². The van der Waals surface area contributed by atoms with E-state index in [9.17, 15) is 13.2 Å². The monoisotopic (exact) mass is 449 g/mol. The van der Waals surface area contributed by atoms with Gasteiger partial charge in [-0.25, -0.2) is 8.42 Å². The standard InChI is InChI=1S/C25H27N3O3S/c1-19-8-14-24(15-9-19)32(30,31)27(2)23-12-10-20(11-13-23)25(29)28-17-16-22(18-28)26-21-6-4-3-5-7-21/h3-15,22,26H,16-18H2,1-2H3. The molecule has 6 nitrogen and oxygen atoms in total. The van der Waals surface area contributed by atoms with Crippen molar-refractivity contribution in [2.24, 2.45) is 0 Å². The number of anilines is 2. The van der Waals surface area contributed by atoms with Crippen LogP contribution in [-0.2, 0) is 10.0 Å². The van der Waals surface area contributed by atoms with Gasteiger partial charge < -0.3 is 10.2 Å². The molecule has 3 aromatic rings. The van der Waals surface area contributed by atoms with Gasteiger partial charge in [-0.1, -0.05) is 35.9 Å². The van der Waals surface area contributed by atoms with Crippen molar-refractivity contribution in [3.63, 3.8) is 0 Å². The Morgan fingerprint density at radius 3 is 2.28 bits per heavy atom. The second-order valence-corrected chi connectivity index (χ2v) is 10.0. The van der Waals surface area contributed by atoms with Gasteiger partial charge in [0.15, 0.2) is 0 Å². The number of para-hydroxylation sites is 1. The molecular formula is C25H27N3O3S. The Bertz CT molecular complexity index is 1180. The van der Waals surface area contributed by atoms with Gasteiger partial charge in [0.1, 0.15) is 0 Å². The molecule has 3 aromatic carbocycles. The zero-order chi connectivity index (χ0) is 22.7. The molecule has 1 atom stereocenters. The number of likely N-dealkylation sites (tertiary alicyclic amines) is 1. The third kappa shape index (κ3) is 4.62. The molecule has 0 saturated carbocycles. The van der Waals surface area contributed by atoms with Gasteiger partial charge in [-0.3, -0.25) is 9.10 Å². The Balaban J connectivity index is 1.42. The molecule has 4 rings (SSSR count). The summed E-state index contributed by atoms with van der Waals surface area (Å²) in [5.41, 5.74) is 3.11. The number of nitrogens with zero attached hydrogens (tertiary/aromatic N) is 2. The van der Waals surface area contributed by atoms with Crippen LogP contribution in [0, 0.1) is 6.92 Å². The molecule has 32 heavy (non-hydrogen) atoms. The van der Waals surface area contributed by atoms with E-state index in [0.717, 1.165) is 17.7 Å². The molecule has 0 spiro atoms. The number of hydrogen-bond acceptors (Lipinski definition) is 4. The predicted octanol–water partition coefficient (Wildman–Crippen LogP) is 4.15. The zero-order valence-electron chi connectivity index (χ0n) is 18.2. The van der Waals surface area contributed by atoms with E-state index < -0.39 is 10.0 Å². The van der Waals surface area contributed by atoms with E-state index in [1.807, 2.05) is 42.2 Å². The summed E-state index contributed by atoms with van der Waals surface area (Å²) in [7, 11) is -2.14. The fraction of sp³-hybridized carbons (Fsp3) is 0.240. The molecule has 1 aliphatic heterocycles. The fourth-order valence-electron chi connectivity index (χ4n) is 3.84. The van der Waals surface area contributed by atoms with Crippen LogP contribution >= 0.6 is 0 Å². The van der Waals surface area contributed by atoms with Crippen molar-refractivity contribution in [1.29, 1.82) is 0 Å². The van der Waals surface area contributed by atoms with Gasteiger partial charge in [0.05, 0.1) is 10.6 Å². The number of nitrogens with one attached hydrogen (secondary N) is 1. The van der Waals surface area contributed by atoms with Crippen LogP contribution in [0.5, 0.6) is 0 Å². The predicted molar refractivity (Wildman–Crippen MR) is 128 cm³/mol. The molecule has 1 unspecified atom stereocenters. The van der Waals surface area contributed by atoms with Gasteiger partial charge in [0.25, 0.3) is 15.9 Å². The molecule has 0 bridgehead atoms. The van der Waals surface area contributed by atoms with E-state index >= 15 is 0 Å². The average Bonchev–Trinajstić information content (AvgIpc) is 3.27. The highest BCUT2D eigenvalue weighted by molar-refractivity contribution is 7.92. The number of carbonyl (C=O) groups excluding carboxylic acids is 1. The van der Waals surface area contributed by atoms with Gasteiger partial charge in [-0.05, 0) is 61.9 Å². The molecule has 1 aliphatic rings. The average molecular weight is 450 g/mol. The first-order valence-electron chi connectivity index (χ1n) is 10.6. The maximum Gasteiger partial charge on any atom is 0.264 e. The number of amides is 1. The Hall–Kier alpha value is -3.32. The topological polar surface area (TPSA) is 69.7 Å². The summed E-state index contributed by atoms with van der Waals surface area (Å²) in [6.45, 7) is 3.24. The van der Waals surface area contributed by atoms with E-state index in [2.05, 4.69) is 5.32 Å². The summed E-state index contributed by atoms with van der Waals surface area (Å²) in [6, 6.07) is 23.7. The quantitative estimate of drug-likeness (QED) is 0.614. The molecule has 1 N–H and O–H groups in total. The largest absolute Gasteiger partial charge is 0.380 e. The summed E-state index contributed by atoms with van der Waals surface area (Å²) in [4.78, 5) is 15.0. The number of benzene rings is 3. The van der Waals surface area contributed by atoms with Crippen molar-refractivity contribution < 1.29 is 13.2 Å². The van der Waals surface area contributed by atoms with Crippen LogP contribution in [0.3, 0.4) is 0 Å². The zero-order valence-corrected chi connectivity index (χ0v) is 19.0. The minimum absolute atomic E-state index is 0.0436. The highest BCUT2D eigenvalue weighted by Gasteiger charge is 2.27. The van der Waals surface area contributed by atoms with Crippen molar-refractivity contribution in [3.8, 4) is 0 Å².